The molecule has 5 nitrogen and oxygen atoms in total. The SMILES string of the molecule is CCc1ccc(CNC(=NC)NCCCCN2CCOCC2)s1.I. The van der Waals surface area contributed by atoms with Crippen LogP contribution in [0.5, 0.6) is 0 Å². The molecule has 0 radical (unpaired) electrons. The minimum absolute atomic E-state index is 0. The molecule has 2 N–H and O–H groups in total. The van der Waals surface area contributed by atoms with Crippen molar-refractivity contribution >= 4 is 41.3 Å². The van der Waals surface area contributed by atoms with Crippen molar-refractivity contribution in [1.82, 2.24) is 15.5 Å². The van der Waals surface area contributed by atoms with E-state index >= 15 is 0 Å². The van der Waals surface area contributed by atoms with E-state index in [1.54, 1.807) is 0 Å². The number of aryl methyl sites for hydroxylation is 1. The van der Waals surface area contributed by atoms with Crippen LogP contribution >= 0.6 is 35.3 Å². The van der Waals surface area contributed by atoms with E-state index in [-0.39, 0.29) is 24.0 Å². The molecular weight excluding hydrogens is 435 g/mol. The summed E-state index contributed by atoms with van der Waals surface area (Å²) >= 11 is 1.87. The zero-order valence-corrected chi connectivity index (χ0v) is 18.0. The lowest BCUT2D eigenvalue weighted by molar-refractivity contribution is 0.0372. The first-order valence-corrected chi connectivity index (χ1v) is 9.45. The molecule has 0 atom stereocenters. The average molecular weight is 466 g/mol. The summed E-state index contributed by atoms with van der Waals surface area (Å²) in [5.41, 5.74) is 0. The van der Waals surface area contributed by atoms with Crippen molar-refractivity contribution in [3.8, 4) is 0 Å². The van der Waals surface area contributed by atoms with Crippen LogP contribution in [0.2, 0.25) is 0 Å². The van der Waals surface area contributed by atoms with Crippen molar-refractivity contribution in [1.29, 1.82) is 0 Å². The minimum Gasteiger partial charge on any atom is -0.379 e. The molecule has 138 valence electrons. The monoisotopic (exact) mass is 466 g/mol. The number of rotatable bonds is 8. The Morgan fingerprint density at radius 2 is 1.96 bits per heavy atom. The summed E-state index contributed by atoms with van der Waals surface area (Å²) in [6.07, 6.45) is 3.49. The Bertz CT molecular complexity index is 475. The van der Waals surface area contributed by atoms with Gasteiger partial charge in [0.1, 0.15) is 0 Å². The number of morpholine rings is 1. The molecule has 0 aliphatic carbocycles. The Morgan fingerprint density at radius 1 is 1.21 bits per heavy atom. The second-order valence-corrected chi connectivity index (χ2v) is 6.99. The molecule has 0 aromatic carbocycles. The normalized spacial score (nSPS) is 15.8. The highest BCUT2D eigenvalue weighted by atomic mass is 127. The van der Waals surface area contributed by atoms with Gasteiger partial charge in [-0.25, -0.2) is 0 Å². The fourth-order valence-corrected chi connectivity index (χ4v) is 3.49. The number of ether oxygens (including phenoxy) is 1. The van der Waals surface area contributed by atoms with Crippen LogP contribution in [0, 0.1) is 0 Å². The van der Waals surface area contributed by atoms with Gasteiger partial charge in [0.2, 0.25) is 0 Å². The van der Waals surface area contributed by atoms with E-state index in [1.807, 2.05) is 18.4 Å². The number of hydrogen-bond acceptors (Lipinski definition) is 4. The third kappa shape index (κ3) is 8.13. The van der Waals surface area contributed by atoms with Gasteiger partial charge in [-0.3, -0.25) is 9.89 Å². The van der Waals surface area contributed by atoms with E-state index in [0.29, 0.717) is 0 Å². The van der Waals surface area contributed by atoms with Gasteiger partial charge < -0.3 is 15.4 Å². The second-order valence-electron chi connectivity index (χ2n) is 5.74. The predicted molar refractivity (Wildman–Crippen MR) is 114 cm³/mol. The maximum absolute atomic E-state index is 5.37. The van der Waals surface area contributed by atoms with Crippen LogP contribution in [0.4, 0.5) is 0 Å². The van der Waals surface area contributed by atoms with Crippen molar-refractivity contribution in [3.63, 3.8) is 0 Å². The van der Waals surface area contributed by atoms with E-state index in [1.165, 1.54) is 22.7 Å². The predicted octanol–water partition coefficient (Wildman–Crippen LogP) is 2.71. The topological polar surface area (TPSA) is 48.9 Å². The quantitative estimate of drug-likeness (QED) is 0.268. The van der Waals surface area contributed by atoms with E-state index in [0.717, 1.165) is 58.2 Å². The van der Waals surface area contributed by atoms with Gasteiger partial charge >= 0.3 is 0 Å². The largest absolute Gasteiger partial charge is 0.379 e. The van der Waals surface area contributed by atoms with Gasteiger partial charge in [-0.15, -0.1) is 35.3 Å². The number of aliphatic imine (C=N–C) groups is 1. The van der Waals surface area contributed by atoms with Gasteiger partial charge in [-0.1, -0.05) is 6.92 Å². The molecule has 2 rings (SSSR count). The Labute approximate surface area is 167 Å². The summed E-state index contributed by atoms with van der Waals surface area (Å²) in [6, 6.07) is 4.41. The molecule has 0 spiro atoms. The number of thiophene rings is 1. The Hall–Kier alpha value is -0.380. The molecule has 7 heteroatoms. The zero-order chi connectivity index (χ0) is 16.3. The first kappa shape index (κ1) is 21.7. The lowest BCUT2D eigenvalue weighted by Gasteiger charge is -2.26. The molecule has 1 aromatic heterocycles. The molecule has 0 amide bonds. The van der Waals surface area contributed by atoms with E-state index in [9.17, 15) is 0 Å². The van der Waals surface area contributed by atoms with Crippen molar-refractivity contribution < 1.29 is 4.74 Å². The Morgan fingerprint density at radius 3 is 2.62 bits per heavy atom. The summed E-state index contributed by atoms with van der Waals surface area (Å²) in [4.78, 5) is 9.57. The van der Waals surface area contributed by atoms with Crippen LogP contribution in [-0.4, -0.2) is 57.3 Å². The Kier molecular flexibility index (Phi) is 11.7. The number of halogens is 1. The molecule has 1 saturated heterocycles. The number of unbranched alkanes of at least 4 members (excludes halogenated alkanes) is 1. The maximum atomic E-state index is 5.37. The maximum Gasteiger partial charge on any atom is 0.191 e. The van der Waals surface area contributed by atoms with Crippen LogP contribution in [-0.2, 0) is 17.7 Å². The number of hydrogen-bond donors (Lipinski definition) is 2. The van der Waals surface area contributed by atoms with E-state index in [4.69, 9.17) is 4.74 Å². The molecule has 24 heavy (non-hydrogen) atoms. The highest BCUT2D eigenvalue weighted by molar-refractivity contribution is 14.0. The van der Waals surface area contributed by atoms with Crippen LogP contribution in [0.1, 0.15) is 29.5 Å². The summed E-state index contributed by atoms with van der Waals surface area (Å²) in [7, 11) is 1.83. The van der Waals surface area contributed by atoms with Crippen LogP contribution in [0.15, 0.2) is 17.1 Å². The van der Waals surface area contributed by atoms with Crippen LogP contribution in [0.3, 0.4) is 0 Å². The van der Waals surface area contributed by atoms with Crippen molar-refractivity contribution in [2.75, 3.05) is 46.4 Å². The van der Waals surface area contributed by atoms with Crippen molar-refractivity contribution in [3.05, 3.63) is 21.9 Å². The van der Waals surface area contributed by atoms with E-state index in [2.05, 4.69) is 39.6 Å². The summed E-state index contributed by atoms with van der Waals surface area (Å²) in [5.74, 6) is 0.892. The lowest BCUT2D eigenvalue weighted by atomic mass is 10.3. The number of guanidine groups is 1. The smallest absolute Gasteiger partial charge is 0.191 e. The molecule has 0 saturated carbocycles. The highest BCUT2D eigenvalue weighted by Gasteiger charge is 2.09. The molecule has 0 bridgehead atoms. The molecule has 1 aromatic rings. The van der Waals surface area contributed by atoms with Crippen molar-refractivity contribution in [2.45, 2.75) is 32.7 Å². The molecule has 1 aliphatic rings. The van der Waals surface area contributed by atoms with Crippen LogP contribution < -0.4 is 10.6 Å². The molecule has 0 unspecified atom stereocenters. The number of nitrogens with one attached hydrogen (secondary N) is 2. The molecular formula is C17H31IN4OS. The minimum atomic E-state index is 0. The molecule has 2 heterocycles. The summed E-state index contributed by atoms with van der Waals surface area (Å²) in [5, 5.41) is 6.78. The average Bonchev–Trinajstić information content (AvgIpc) is 3.06. The highest BCUT2D eigenvalue weighted by Crippen LogP contribution is 2.16. The fourth-order valence-electron chi connectivity index (χ4n) is 2.59. The fraction of sp³-hybridized carbons (Fsp3) is 0.706. The van der Waals surface area contributed by atoms with Gasteiger partial charge in [0, 0.05) is 36.4 Å². The standard InChI is InChI=1S/C17H30N4OS.HI/c1-3-15-6-7-16(23-15)14-20-17(18-2)19-8-4-5-9-21-10-12-22-13-11-21;/h6-7H,3-5,8-14H2,1-2H3,(H2,18,19,20);1H. The lowest BCUT2D eigenvalue weighted by Crippen LogP contribution is -2.38. The van der Waals surface area contributed by atoms with Gasteiger partial charge in [0.15, 0.2) is 5.96 Å². The third-order valence-electron chi connectivity index (χ3n) is 4.02. The number of nitrogens with zero attached hydrogens (tertiary/aromatic N) is 2. The van der Waals surface area contributed by atoms with E-state index < -0.39 is 0 Å². The molecule has 1 aliphatic heterocycles. The van der Waals surface area contributed by atoms with Gasteiger partial charge in [0.05, 0.1) is 19.8 Å². The van der Waals surface area contributed by atoms with Gasteiger partial charge in [0.25, 0.3) is 0 Å². The zero-order valence-electron chi connectivity index (χ0n) is 14.8. The summed E-state index contributed by atoms with van der Waals surface area (Å²) < 4.78 is 5.37. The molecule has 1 fully saturated rings. The van der Waals surface area contributed by atoms with Gasteiger partial charge in [-0.05, 0) is 37.9 Å². The van der Waals surface area contributed by atoms with Crippen molar-refractivity contribution in [2.24, 2.45) is 4.99 Å². The van der Waals surface area contributed by atoms with Gasteiger partial charge in [-0.2, -0.15) is 0 Å². The Balaban J connectivity index is 0.00000288. The second kappa shape index (κ2) is 12.9. The van der Waals surface area contributed by atoms with Crippen LogP contribution in [0.25, 0.3) is 0 Å². The first-order chi connectivity index (χ1) is 11.3. The summed E-state index contributed by atoms with van der Waals surface area (Å²) in [6.45, 7) is 9.11. The third-order valence-corrected chi connectivity index (χ3v) is 5.25. The first-order valence-electron chi connectivity index (χ1n) is 8.64.